The van der Waals surface area contributed by atoms with Crippen molar-refractivity contribution >= 4 is 43.9 Å². The van der Waals surface area contributed by atoms with Crippen LogP contribution < -0.4 is 5.32 Å². The lowest BCUT2D eigenvalue weighted by molar-refractivity contribution is 0.102. The van der Waals surface area contributed by atoms with E-state index in [9.17, 15) is 4.79 Å². The molecule has 134 valence electrons. The molecule has 0 saturated carbocycles. The van der Waals surface area contributed by atoms with Gasteiger partial charge in [0, 0.05) is 17.3 Å². The highest BCUT2D eigenvalue weighted by Crippen LogP contribution is 2.31. The van der Waals surface area contributed by atoms with Crippen molar-refractivity contribution in [1.82, 2.24) is 9.97 Å². The van der Waals surface area contributed by atoms with E-state index in [0.717, 1.165) is 31.7 Å². The Balaban J connectivity index is 1.55. The van der Waals surface area contributed by atoms with Crippen molar-refractivity contribution in [2.75, 3.05) is 5.32 Å². The fourth-order valence-electron chi connectivity index (χ4n) is 3.26. The number of anilines is 1. The SMILES string of the molecule is O=C(Nc1cccc2ccccc12)c1cccnc1-c1nc2ccccc2s1. The van der Waals surface area contributed by atoms with E-state index < -0.39 is 0 Å². The van der Waals surface area contributed by atoms with Crippen LogP contribution in [0.3, 0.4) is 0 Å². The number of amides is 1. The minimum Gasteiger partial charge on any atom is -0.321 e. The molecule has 0 aliphatic carbocycles. The van der Waals surface area contributed by atoms with Gasteiger partial charge in [-0.05, 0) is 35.7 Å². The van der Waals surface area contributed by atoms with Crippen molar-refractivity contribution in [2.45, 2.75) is 0 Å². The van der Waals surface area contributed by atoms with Crippen molar-refractivity contribution in [3.63, 3.8) is 0 Å². The van der Waals surface area contributed by atoms with E-state index in [4.69, 9.17) is 0 Å². The topological polar surface area (TPSA) is 54.9 Å². The van der Waals surface area contributed by atoms with Gasteiger partial charge in [0.05, 0.1) is 15.8 Å². The summed E-state index contributed by atoms with van der Waals surface area (Å²) in [6, 6.07) is 25.4. The number of nitrogens with one attached hydrogen (secondary N) is 1. The van der Waals surface area contributed by atoms with Crippen molar-refractivity contribution in [3.8, 4) is 10.7 Å². The normalized spacial score (nSPS) is 11.0. The van der Waals surface area contributed by atoms with Gasteiger partial charge in [0.1, 0.15) is 10.7 Å². The number of pyridine rings is 1. The first-order valence-corrected chi connectivity index (χ1v) is 9.71. The van der Waals surface area contributed by atoms with Crippen LogP contribution in [0.2, 0.25) is 0 Å². The van der Waals surface area contributed by atoms with Gasteiger partial charge in [-0.25, -0.2) is 4.98 Å². The Kier molecular flexibility index (Phi) is 4.07. The van der Waals surface area contributed by atoms with Crippen LogP contribution in [-0.2, 0) is 0 Å². The van der Waals surface area contributed by atoms with Gasteiger partial charge in [0.15, 0.2) is 0 Å². The summed E-state index contributed by atoms with van der Waals surface area (Å²) in [5.41, 5.74) is 2.80. The Hall–Kier alpha value is -3.57. The lowest BCUT2D eigenvalue weighted by Gasteiger charge is -2.10. The predicted molar refractivity (Wildman–Crippen MR) is 115 cm³/mol. The van der Waals surface area contributed by atoms with Gasteiger partial charge in [0.2, 0.25) is 0 Å². The number of thiazole rings is 1. The van der Waals surface area contributed by atoms with Gasteiger partial charge in [-0.1, -0.05) is 48.5 Å². The minimum absolute atomic E-state index is 0.196. The zero-order valence-corrected chi connectivity index (χ0v) is 15.6. The standard InChI is InChI=1S/C23H15N3OS/c27-22(25-18-12-5-8-15-7-1-2-9-16(15)18)17-10-6-14-24-21(17)23-26-19-11-3-4-13-20(19)28-23/h1-14H,(H,25,27). The molecule has 3 aromatic carbocycles. The second-order valence-electron chi connectivity index (χ2n) is 6.37. The molecule has 1 amide bonds. The average molecular weight is 381 g/mol. The quantitative estimate of drug-likeness (QED) is 0.432. The summed E-state index contributed by atoms with van der Waals surface area (Å²) in [6.07, 6.45) is 1.69. The number of hydrogen-bond donors (Lipinski definition) is 1. The lowest BCUT2D eigenvalue weighted by Crippen LogP contribution is -2.14. The second-order valence-corrected chi connectivity index (χ2v) is 7.40. The molecule has 1 N–H and O–H groups in total. The van der Waals surface area contributed by atoms with Gasteiger partial charge in [-0.15, -0.1) is 11.3 Å². The van der Waals surface area contributed by atoms with Crippen LogP contribution in [0, 0.1) is 0 Å². The van der Waals surface area contributed by atoms with Crippen LogP contribution in [0.25, 0.3) is 31.7 Å². The first-order valence-electron chi connectivity index (χ1n) is 8.90. The Labute approximate surface area is 165 Å². The zero-order valence-electron chi connectivity index (χ0n) is 14.8. The Bertz CT molecular complexity index is 1290. The fraction of sp³-hybridized carbons (Fsp3) is 0. The third-order valence-electron chi connectivity index (χ3n) is 4.59. The summed E-state index contributed by atoms with van der Waals surface area (Å²) in [5.74, 6) is -0.196. The molecule has 0 fully saturated rings. The van der Waals surface area contributed by atoms with Crippen LogP contribution in [-0.4, -0.2) is 15.9 Å². The van der Waals surface area contributed by atoms with Gasteiger partial charge < -0.3 is 5.32 Å². The predicted octanol–water partition coefficient (Wildman–Crippen LogP) is 5.76. The molecule has 0 spiro atoms. The largest absolute Gasteiger partial charge is 0.321 e. The summed E-state index contributed by atoms with van der Waals surface area (Å²) >= 11 is 1.54. The number of nitrogens with zero attached hydrogens (tertiary/aromatic N) is 2. The fourth-order valence-corrected chi connectivity index (χ4v) is 4.23. The maximum atomic E-state index is 13.1. The molecule has 0 atom stereocenters. The third kappa shape index (κ3) is 2.92. The van der Waals surface area contributed by atoms with Crippen molar-refractivity contribution in [3.05, 3.63) is 90.6 Å². The Morgan fingerprint density at radius 2 is 1.68 bits per heavy atom. The van der Waals surface area contributed by atoms with Gasteiger partial charge in [0.25, 0.3) is 5.91 Å². The highest BCUT2D eigenvalue weighted by molar-refractivity contribution is 7.21. The molecule has 0 radical (unpaired) electrons. The molecule has 5 rings (SSSR count). The summed E-state index contributed by atoms with van der Waals surface area (Å²) in [5, 5.41) is 5.87. The third-order valence-corrected chi connectivity index (χ3v) is 5.63. The minimum atomic E-state index is -0.196. The van der Waals surface area contributed by atoms with Crippen LogP contribution in [0.5, 0.6) is 0 Å². The van der Waals surface area contributed by atoms with E-state index >= 15 is 0 Å². The highest BCUT2D eigenvalue weighted by Gasteiger charge is 2.17. The summed E-state index contributed by atoms with van der Waals surface area (Å²) < 4.78 is 1.07. The van der Waals surface area contributed by atoms with Crippen molar-refractivity contribution < 1.29 is 4.79 Å². The van der Waals surface area contributed by atoms with Crippen molar-refractivity contribution in [1.29, 1.82) is 0 Å². The maximum Gasteiger partial charge on any atom is 0.257 e. The second kappa shape index (κ2) is 6.87. The summed E-state index contributed by atoms with van der Waals surface area (Å²) in [4.78, 5) is 22.2. The maximum absolute atomic E-state index is 13.1. The van der Waals surface area contributed by atoms with E-state index in [1.165, 1.54) is 11.3 Å². The molecule has 5 heteroatoms. The molecule has 0 saturated heterocycles. The molecular weight excluding hydrogens is 366 g/mol. The van der Waals surface area contributed by atoms with Crippen LogP contribution in [0.1, 0.15) is 10.4 Å². The number of benzene rings is 3. The molecule has 4 nitrogen and oxygen atoms in total. The van der Waals surface area contributed by atoms with E-state index in [2.05, 4.69) is 15.3 Å². The molecule has 0 bridgehead atoms. The highest BCUT2D eigenvalue weighted by atomic mass is 32.1. The number of hydrogen-bond acceptors (Lipinski definition) is 4. The van der Waals surface area contributed by atoms with Crippen LogP contribution in [0.15, 0.2) is 85.1 Å². The number of rotatable bonds is 3. The molecule has 28 heavy (non-hydrogen) atoms. The molecule has 0 unspecified atom stereocenters. The number of fused-ring (bicyclic) bond motifs is 2. The van der Waals surface area contributed by atoms with Crippen LogP contribution in [0.4, 0.5) is 5.69 Å². The van der Waals surface area contributed by atoms with Gasteiger partial charge in [-0.3, -0.25) is 9.78 Å². The average Bonchev–Trinajstić information content (AvgIpc) is 3.18. The number of carbonyl (C=O) groups is 1. The summed E-state index contributed by atoms with van der Waals surface area (Å²) in [6.45, 7) is 0. The zero-order chi connectivity index (χ0) is 18.9. The van der Waals surface area contributed by atoms with Crippen LogP contribution >= 0.6 is 11.3 Å². The number of aromatic nitrogens is 2. The smallest absolute Gasteiger partial charge is 0.257 e. The van der Waals surface area contributed by atoms with E-state index in [0.29, 0.717) is 11.3 Å². The Morgan fingerprint density at radius 3 is 2.61 bits per heavy atom. The van der Waals surface area contributed by atoms with E-state index in [-0.39, 0.29) is 5.91 Å². The Morgan fingerprint density at radius 1 is 0.857 bits per heavy atom. The molecule has 0 aliphatic heterocycles. The van der Waals surface area contributed by atoms with Crippen molar-refractivity contribution in [2.24, 2.45) is 0 Å². The molecule has 0 aliphatic rings. The molecule has 5 aromatic rings. The first-order chi connectivity index (χ1) is 13.8. The molecule has 2 aromatic heterocycles. The number of para-hydroxylation sites is 1. The molecular formula is C23H15N3OS. The van der Waals surface area contributed by atoms with Gasteiger partial charge in [-0.2, -0.15) is 0 Å². The van der Waals surface area contributed by atoms with E-state index in [1.807, 2.05) is 66.7 Å². The monoisotopic (exact) mass is 381 g/mol. The summed E-state index contributed by atoms with van der Waals surface area (Å²) in [7, 11) is 0. The first kappa shape index (κ1) is 16.6. The van der Waals surface area contributed by atoms with Gasteiger partial charge >= 0.3 is 0 Å². The number of carbonyl (C=O) groups excluding carboxylic acids is 1. The molecule has 2 heterocycles. The van der Waals surface area contributed by atoms with E-state index in [1.54, 1.807) is 18.3 Å². The lowest BCUT2D eigenvalue weighted by atomic mass is 10.1.